The highest BCUT2D eigenvalue weighted by Gasteiger charge is 2.36. The van der Waals surface area contributed by atoms with Crippen LogP contribution in [0, 0.1) is 11.7 Å². The van der Waals surface area contributed by atoms with Crippen molar-refractivity contribution in [2.45, 2.75) is 0 Å². The fourth-order valence-corrected chi connectivity index (χ4v) is 1.78. The van der Waals surface area contributed by atoms with E-state index in [0.29, 0.717) is 0 Å². The van der Waals surface area contributed by atoms with Gasteiger partial charge in [-0.1, -0.05) is 0 Å². The fourth-order valence-electron chi connectivity index (χ4n) is 1.78. The zero-order valence-corrected chi connectivity index (χ0v) is 9.72. The summed E-state index contributed by atoms with van der Waals surface area (Å²) in [5.74, 6) is -2.27. The van der Waals surface area contributed by atoms with Crippen LogP contribution in [0.5, 0.6) is 5.75 Å². The lowest BCUT2D eigenvalue weighted by Crippen LogP contribution is -2.53. The molecule has 96 valence electrons. The number of amides is 1. The fraction of sp³-hybridized carbons (Fsp3) is 0.333. The molecule has 0 bridgehead atoms. The number of ether oxygens (including phenoxy) is 1. The molecule has 6 heteroatoms. The highest BCUT2D eigenvalue weighted by Crippen LogP contribution is 2.23. The molecule has 1 aliphatic heterocycles. The minimum atomic E-state index is -0.907. The van der Waals surface area contributed by atoms with Crippen LogP contribution < -0.4 is 4.74 Å². The van der Waals surface area contributed by atoms with Crippen molar-refractivity contribution in [3.8, 4) is 5.75 Å². The molecule has 1 amide bonds. The first-order valence-corrected chi connectivity index (χ1v) is 5.38. The summed E-state index contributed by atoms with van der Waals surface area (Å²) in [7, 11) is 1.32. The Balaban J connectivity index is 2.09. The average Bonchev–Trinajstić information content (AvgIpc) is 2.26. The molecule has 2 rings (SSSR count). The van der Waals surface area contributed by atoms with Crippen LogP contribution in [0.15, 0.2) is 18.2 Å². The summed E-state index contributed by atoms with van der Waals surface area (Å²) in [5, 5.41) is 8.71. The Morgan fingerprint density at radius 1 is 1.44 bits per heavy atom. The van der Waals surface area contributed by atoms with E-state index in [0.717, 1.165) is 6.07 Å². The average molecular weight is 253 g/mol. The summed E-state index contributed by atoms with van der Waals surface area (Å²) in [5.41, 5.74) is 0.289. The lowest BCUT2D eigenvalue weighted by molar-refractivity contribution is -0.146. The topological polar surface area (TPSA) is 66.8 Å². The van der Waals surface area contributed by atoms with Crippen molar-refractivity contribution in [3.05, 3.63) is 29.6 Å². The molecular formula is C12H12FNO4. The predicted octanol–water partition coefficient (Wildman–Crippen LogP) is 0.991. The Kier molecular flexibility index (Phi) is 3.18. The van der Waals surface area contributed by atoms with E-state index in [2.05, 4.69) is 0 Å². The Bertz CT molecular complexity index is 497. The quantitative estimate of drug-likeness (QED) is 0.872. The predicted molar refractivity (Wildman–Crippen MR) is 60.0 cm³/mol. The van der Waals surface area contributed by atoms with Crippen LogP contribution in [-0.4, -0.2) is 42.1 Å². The lowest BCUT2D eigenvalue weighted by Gasteiger charge is -2.36. The molecule has 0 aromatic heterocycles. The van der Waals surface area contributed by atoms with Gasteiger partial charge in [0.2, 0.25) is 0 Å². The molecule has 5 nitrogen and oxygen atoms in total. The Morgan fingerprint density at radius 2 is 2.11 bits per heavy atom. The summed E-state index contributed by atoms with van der Waals surface area (Å²) in [6.45, 7) is 0.377. The van der Waals surface area contributed by atoms with Gasteiger partial charge in [-0.2, -0.15) is 0 Å². The normalized spacial score (nSPS) is 15.1. The second-order valence-electron chi connectivity index (χ2n) is 4.09. The van der Waals surface area contributed by atoms with Gasteiger partial charge >= 0.3 is 5.97 Å². The number of carbonyl (C=O) groups is 2. The first-order chi connectivity index (χ1) is 8.52. The van der Waals surface area contributed by atoms with Gasteiger partial charge in [0.15, 0.2) is 11.6 Å². The van der Waals surface area contributed by atoms with Crippen molar-refractivity contribution in [2.75, 3.05) is 20.2 Å². The molecule has 0 saturated carbocycles. The maximum Gasteiger partial charge on any atom is 0.310 e. The minimum absolute atomic E-state index is 0.00356. The SMILES string of the molecule is COc1cc(C(=O)N2CC(C(=O)O)C2)ccc1F. The van der Waals surface area contributed by atoms with Gasteiger partial charge in [-0.3, -0.25) is 9.59 Å². The zero-order chi connectivity index (χ0) is 13.3. The first-order valence-electron chi connectivity index (χ1n) is 5.38. The Labute approximate surface area is 103 Å². The number of rotatable bonds is 3. The second kappa shape index (κ2) is 4.64. The van der Waals surface area contributed by atoms with Gasteiger partial charge < -0.3 is 14.7 Å². The molecule has 1 heterocycles. The number of hydrogen-bond donors (Lipinski definition) is 1. The van der Waals surface area contributed by atoms with E-state index in [4.69, 9.17) is 9.84 Å². The number of carboxylic acid groups (broad SMARTS) is 1. The largest absolute Gasteiger partial charge is 0.494 e. The standard InChI is InChI=1S/C12H12FNO4/c1-18-10-4-7(2-3-9(10)13)11(15)14-5-8(6-14)12(16)17/h2-4,8H,5-6H2,1H3,(H,16,17). The van der Waals surface area contributed by atoms with Gasteiger partial charge in [-0.05, 0) is 18.2 Å². The highest BCUT2D eigenvalue weighted by atomic mass is 19.1. The molecule has 1 fully saturated rings. The smallest absolute Gasteiger partial charge is 0.310 e. The first kappa shape index (κ1) is 12.3. The van der Waals surface area contributed by atoms with E-state index in [9.17, 15) is 14.0 Å². The van der Waals surface area contributed by atoms with Crippen molar-refractivity contribution < 1.29 is 23.8 Å². The van der Waals surface area contributed by atoms with Crippen LogP contribution in [0.4, 0.5) is 4.39 Å². The minimum Gasteiger partial charge on any atom is -0.494 e. The third kappa shape index (κ3) is 2.13. The van der Waals surface area contributed by atoms with E-state index in [1.54, 1.807) is 0 Å². The number of carboxylic acids is 1. The summed E-state index contributed by atoms with van der Waals surface area (Å²) in [6.07, 6.45) is 0. The summed E-state index contributed by atoms with van der Waals surface area (Å²) < 4.78 is 18.0. The van der Waals surface area contributed by atoms with Gasteiger partial charge in [0.05, 0.1) is 13.0 Å². The monoisotopic (exact) mass is 253 g/mol. The maximum absolute atomic E-state index is 13.2. The zero-order valence-electron chi connectivity index (χ0n) is 9.72. The maximum atomic E-state index is 13.2. The number of nitrogens with zero attached hydrogens (tertiary/aromatic N) is 1. The van der Waals surface area contributed by atoms with Gasteiger partial charge in [0.25, 0.3) is 5.91 Å². The number of hydrogen-bond acceptors (Lipinski definition) is 3. The van der Waals surface area contributed by atoms with E-state index < -0.39 is 17.7 Å². The van der Waals surface area contributed by atoms with Gasteiger partial charge in [-0.25, -0.2) is 4.39 Å². The molecule has 1 N–H and O–H groups in total. The molecule has 1 saturated heterocycles. The molecule has 0 spiro atoms. The van der Waals surface area contributed by atoms with Crippen LogP contribution >= 0.6 is 0 Å². The van der Waals surface area contributed by atoms with Gasteiger partial charge in [0.1, 0.15) is 0 Å². The number of halogens is 1. The number of methoxy groups -OCH3 is 1. The van der Waals surface area contributed by atoms with Crippen molar-refractivity contribution >= 4 is 11.9 Å². The molecule has 1 aromatic carbocycles. The highest BCUT2D eigenvalue weighted by molar-refractivity contribution is 5.96. The number of carbonyl (C=O) groups excluding carboxylic acids is 1. The van der Waals surface area contributed by atoms with E-state index in [-0.39, 0.29) is 30.3 Å². The van der Waals surface area contributed by atoms with Crippen LogP contribution in [-0.2, 0) is 4.79 Å². The van der Waals surface area contributed by atoms with Crippen molar-refractivity contribution in [1.29, 1.82) is 0 Å². The molecule has 0 aliphatic carbocycles. The molecular weight excluding hydrogens is 241 g/mol. The molecule has 0 unspecified atom stereocenters. The summed E-state index contributed by atoms with van der Waals surface area (Å²) >= 11 is 0. The Hall–Kier alpha value is -2.11. The second-order valence-corrected chi connectivity index (χ2v) is 4.09. The lowest BCUT2D eigenvalue weighted by atomic mass is 9.99. The van der Waals surface area contributed by atoms with Crippen molar-refractivity contribution in [2.24, 2.45) is 5.92 Å². The molecule has 1 aromatic rings. The summed E-state index contributed by atoms with van der Waals surface area (Å²) in [6, 6.07) is 3.82. The van der Waals surface area contributed by atoms with Crippen molar-refractivity contribution in [1.82, 2.24) is 4.90 Å². The molecule has 0 atom stereocenters. The summed E-state index contributed by atoms with van der Waals surface area (Å²) in [4.78, 5) is 24.0. The van der Waals surface area contributed by atoms with E-state index in [1.807, 2.05) is 0 Å². The number of benzene rings is 1. The van der Waals surface area contributed by atoms with E-state index >= 15 is 0 Å². The van der Waals surface area contributed by atoms with Crippen LogP contribution in [0.1, 0.15) is 10.4 Å². The number of likely N-dealkylation sites (tertiary alicyclic amines) is 1. The van der Waals surface area contributed by atoms with Crippen LogP contribution in [0.25, 0.3) is 0 Å². The van der Waals surface area contributed by atoms with Gasteiger partial charge in [-0.15, -0.1) is 0 Å². The molecule has 18 heavy (non-hydrogen) atoms. The van der Waals surface area contributed by atoms with Crippen LogP contribution in [0.2, 0.25) is 0 Å². The van der Waals surface area contributed by atoms with Crippen molar-refractivity contribution in [3.63, 3.8) is 0 Å². The van der Waals surface area contributed by atoms with Crippen LogP contribution in [0.3, 0.4) is 0 Å². The molecule has 0 radical (unpaired) electrons. The third-order valence-corrected chi connectivity index (χ3v) is 2.92. The third-order valence-electron chi connectivity index (χ3n) is 2.92. The number of aliphatic carboxylic acids is 1. The Morgan fingerprint density at radius 3 is 2.67 bits per heavy atom. The molecule has 1 aliphatic rings. The van der Waals surface area contributed by atoms with E-state index in [1.165, 1.54) is 24.1 Å². The van der Waals surface area contributed by atoms with Gasteiger partial charge in [0, 0.05) is 18.7 Å².